The highest BCUT2D eigenvalue weighted by Crippen LogP contribution is 2.22. The van der Waals surface area contributed by atoms with E-state index in [1.165, 1.54) is 17.7 Å². The van der Waals surface area contributed by atoms with Crippen molar-refractivity contribution in [2.24, 2.45) is 0 Å². The Morgan fingerprint density at radius 2 is 2.06 bits per heavy atom. The Morgan fingerprint density at radius 1 is 1.33 bits per heavy atom. The van der Waals surface area contributed by atoms with Crippen molar-refractivity contribution in [1.82, 2.24) is 5.32 Å². The van der Waals surface area contributed by atoms with Gasteiger partial charge in [-0.25, -0.2) is 0 Å². The normalized spacial score (nSPS) is 12.4. The summed E-state index contributed by atoms with van der Waals surface area (Å²) in [6.45, 7) is 6.52. The van der Waals surface area contributed by atoms with E-state index in [9.17, 15) is 0 Å². The van der Waals surface area contributed by atoms with Crippen molar-refractivity contribution in [3.8, 4) is 0 Å². The van der Waals surface area contributed by atoms with Crippen LogP contribution in [-0.4, -0.2) is 31.6 Å². The molecular formula is C15H26N2S. The van der Waals surface area contributed by atoms with Gasteiger partial charge in [0.2, 0.25) is 0 Å². The van der Waals surface area contributed by atoms with Gasteiger partial charge in [0.05, 0.1) is 0 Å². The third-order valence-electron chi connectivity index (χ3n) is 3.18. The number of benzene rings is 1. The molecule has 0 fully saturated rings. The van der Waals surface area contributed by atoms with Crippen LogP contribution in [-0.2, 0) is 6.54 Å². The third-order valence-corrected chi connectivity index (χ3v) is 4.00. The summed E-state index contributed by atoms with van der Waals surface area (Å²) in [4.78, 5) is 2.39. The molecule has 1 unspecified atom stereocenters. The van der Waals surface area contributed by atoms with Crippen LogP contribution < -0.4 is 10.2 Å². The molecule has 0 bridgehead atoms. The van der Waals surface area contributed by atoms with Gasteiger partial charge < -0.3 is 10.2 Å². The van der Waals surface area contributed by atoms with Gasteiger partial charge in [-0.3, -0.25) is 0 Å². The molecule has 0 amide bonds. The van der Waals surface area contributed by atoms with E-state index in [2.05, 4.69) is 61.6 Å². The van der Waals surface area contributed by atoms with Crippen molar-refractivity contribution < 1.29 is 0 Å². The van der Waals surface area contributed by atoms with Crippen LogP contribution in [0.25, 0.3) is 0 Å². The summed E-state index contributed by atoms with van der Waals surface area (Å²) < 4.78 is 0. The molecule has 3 heteroatoms. The average Bonchev–Trinajstić information content (AvgIpc) is 2.39. The van der Waals surface area contributed by atoms with Crippen molar-refractivity contribution in [2.45, 2.75) is 32.9 Å². The van der Waals surface area contributed by atoms with E-state index < -0.39 is 0 Å². The number of anilines is 1. The molecule has 0 aliphatic rings. The summed E-state index contributed by atoms with van der Waals surface area (Å²) >= 11 is 1.90. The maximum absolute atomic E-state index is 3.49. The van der Waals surface area contributed by atoms with E-state index >= 15 is 0 Å². The van der Waals surface area contributed by atoms with Crippen molar-refractivity contribution in [3.63, 3.8) is 0 Å². The topological polar surface area (TPSA) is 15.3 Å². The third kappa shape index (κ3) is 4.54. The summed E-state index contributed by atoms with van der Waals surface area (Å²) in [5.74, 6) is 1.16. The zero-order valence-electron chi connectivity index (χ0n) is 12.1. The number of hydrogen-bond donors (Lipinski definition) is 1. The number of nitrogens with zero attached hydrogens (tertiary/aromatic N) is 1. The first-order valence-corrected chi connectivity index (χ1v) is 8.10. The molecule has 0 saturated carbocycles. The summed E-state index contributed by atoms with van der Waals surface area (Å²) in [5, 5.41) is 3.49. The highest BCUT2D eigenvalue weighted by Gasteiger charge is 2.12. The molecule has 2 nitrogen and oxygen atoms in total. The summed E-state index contributed by atoms with van der Waals surface area (Å²) in [6, 6.07) is 9.26. The molecule has 0 spiro atoms. The highest BCUT2D eigenvalue weighted by molar-refractivity contribution is 7.98. The average molecular weight is 266 g/mol. The Morgan fingerprint density at radius 3 is 2.72 bits per heavy atom. The molecule has 102 valence electrons. The lowest BCUT2D eigenvalue weighted by Crippen LogP contribution is -2.32. The molecule has 18 heavy (non-hydrogen) atoms. The minimum Gasteiger partial charge on any atom is -0.371 e. The van der Waals surface area contributed by atoms with Gasteiger partial charge in [0.25, 0.3) is 0 Å². The molecule has 1 rings (SSSR count). The number of thioether (sulfide) groups is 1. The molecule has 1 aromatic carbocycles. The largest absolute Gasteiger partial charge is 0.371 e. The molecule has 0 radical (unpaired) electrons. The second-order valence-corrected chi connectivity index (χ2v) is 5.63. The minimum atomic E-state index is 0.562. The summed E-state index contributed by atoms with van der Waals surface area (Å²) in [7, 11) is 2.19. The van der Waals surface area contributed by atoms with Gasteiger partial charge in [-0.15, -0.1) is 0 Å². The van der Waals surface area contributed by atoms with E-state index in [1.807, 2.05) is 11.8 Å². The van der Waals surface area contributed by atoms with Crippen LogP contribution in [0.4, 0.5) is 5.69 Å². The van der Waals surface area contributed by atoms with E-state index in [0.717, 1.165) is 18.8 Å². The van der Waals surface area contributed by atoms with Gasteiger partial charge in [-0.1, -0.05) is 25.1 Å². The van der Waals surface area contributed by atoms with Crippen molar-refractivity contribution in [3.05, 3.63) is 29.8 Å². The molecule has 1 atom stereocenters. The van der Waals surface area contributed by atoms with Crippen LogP contribution in [0.1, 0.15) is 25.8 Å². The Bertz CT molecular complexity index is 341. The smallest absolute Gasteiger partial charge is 0.0411 e. The van der Waals surface area contributed by atoms with Crippen LogP contribution >= 0.6 is 11.8 Å². The summed E-state index contributed by atoms with van der Waals surface area (Å²) in [5.41, 5.74) is 2.74. The fourth-order valence-corrected chi connectivity index (χ4v) is 2.70. The molecule has 0 saturated heterocycles. The van der Waals surface area contributed by atoms with Gasteiger partial charge in [-0.05, 0) is 37.8 Å². The predicted octanol–water partition coefficient (Wildman–Crippen LogP) is 3.37. The number of rotatable bonds is 8. The Labute approximate surface area is 116 Å². The molecule has 0 aromatic heterocycles. The van der Waals surface area contributed by atoms with Gasteiger partial charge in [-0.2, -0.15) is 11.8 Å². The maximum Gasteiger partial charge on any atom is 0.0411 e. The zero-order valence-corrected chi connectivity index (χ0v) is 12.9. The lowest BCUT2D eigenvalue weighted by Gasteiger charge is -2.28. The standard InChI is InChI=1S/C15H26N2S/c1-5-10-16-11-14-8-6-7-9-15(14)17(3)13(2)12-18-4/h6-9,13,16H,5,10-12H2,1-4H3. The first kappa shape index (κ1) is 15.4. The molecule has 1 aromatic rings. The molecule has 0 heterocycles. The molecule has 0 aliphatic carbocycles. The molecule has 0 aliphatic heterocycles. The van der Waals surface area contributed by atoms with E-state index in [1.54, 1.807) is 0 Å². The fourth-order valence-electron chi connectivity index (χ4n) is 1.99. The van der Waals surface area contributed by atoms with Crippen LogP contribution in [0.3, 0.4) is 0 Å². The van der Waals surface area contributed by atoms with Crippen LogP contribution in [0.15, 0.2) is 24.3 Å². The zero-order chi connectivity index (χ0) is 13.4. The van der Waals surface area contributed by atoms with Crippen LogP contribution in [0.2, 0.25) is 0 Å². The second kappa shape index (κ2) is 8.44. The van der Waals surface area contributed by atoms with Crippen molar-refractivity contribution in [2.75, 3.05) is 30.5 Å². The maximum atomic E-state index is 3.49. The molecular weight excluding hydrogens is 240 g/mol. The monoisotopic (exact) mass is 266 g/mol. The van der Waals surface area contributed by atoms with Crippen molar-refractivity contribution in [1.29, 1.82) is 0 Å². The first-order valence-electron chi connectivity index (χ1n) is 6.71. The van der Waals surface area contributed by atoms with E-state index in [0.29, 0.717) is 6.04 Å². The summed E-state index contributed by atoms with van der Waals surface area (Å²) in [6.07, 6.45) is 3.35. The van der Waals surface area contributed by atoms with Gasteiger partial charge >= 0.3 is 0 Å². The quantitative estimate of drug-likeness (QED) is 0.726. The second-order valence-electron chi connectivity index (χ2n) is 4.72. The van der Waals surface area contributed by atoms with Crippen molar-refractivity contribution >= 4 is 17.4 Å². The number of para-hydroxylation sites is 1. The fraction of sp³-hybridized carbons (Fsp3) is 0.600. The lowest BCUT2D eigenvalue weighted by atomic mass is 10.1. The predicted molar refractivity (Wildman–Crippen MR) is 84.7 cm³/mol. The first-order chi connectivity index (χ1) is 8.70. The SMILES string of the molecule is CCCNCc1ccccc1N(C)C(C)CSC. The Hall–Kier alpha value is -0.670. The number of nitrogens with one attached hydrogen (secondary N) is 1. The van der Waals surface area contributed by atoms with Gasteiger partial charge in [0.15, 0.2) is 0 Å². The van der Waals surface area contributed by atoms with E-state index in [4.69, 9.17) is 0 Å². The minimum absolute atomic E-state index is 0.562. The van der Waals surface area contributed by atoms with Gasteiger partial charge in [0.1, 0.15) is 0 Å². The highest BCUT2D eigenvalue weighted by atomic mass is 32.2. The number of hydrogen-bond acceptors (Lipinski definition) is 3. The Balaban J connectivity index is 2.73. The lowest BCUT2D eigenvalue weighted by molar-refractivity contribution is 0.670. The molecule has 1 N–H and O–H groups in total. The Kier molecular flexibility index (Phi) is 7.21. The van der Waals surface area contributed by atoms with E-state index in [-0.39, 0.29) is 0 Å². The van der Waals surface area contributed by atoms with Gasteiger partial charge in [0, 0.05) is 31.1 Å². The van der Waals surface area contributed by atoms with Crippen LogP contribution in [0, 0.1) is 0 Å². The van der Waals surface area contributed by atoms with Crippen LogP contribution in [0.5, 0.6) is 0 Å².